The van der Waals surface area contributed by atoms with Gasteiger partial charge in [-0.15, -0.1) is 0 Å². The number of pyridine rings is 1. The SMILES string of the molecule is NCc1ccc(CNC(=O)OCc2ccccc2)cn1. The van der Waals surface area contributed by atoms with Gasteiger partial charge in [-0.05, 0) is 17.2 Å². The van der Waals surface area contributed by atoms with Crippen LogP contribution in [-0.2, 0) is 24.4 Å². The predicted octanol–water partition coefficient (Wildman–Crippen LogP) is 1.97. The summed E-state index contributed by atoms with van der Waals surface area (Å²) in [6.07, 6.45) is 1.25. The number of carbonyl (C=O) groups excluding carboxylic acids is 1. The molecule has 2 rings (SSSR count). The molecule has 0 aliphatic carbocycles. The number of rotatable bonds is 5. The van der Waals surface area contributed by atoms with Crippen LogP contribution in [0.3, 0.4) is 0 Å². The minimum absolute atomic E-state index is 0.261. The molecule has 0 saturated heterocycles. The molecule has 0 spiro atoms. The van der Waals surface area contributed by atoms with E-state index in [1.807, 2.05) is 42.5 Å². The van der Waals surface area contributed by atoms with Crippen LogP contribution in [0, 0.1) is 0 Å². The average molecular weight is 271 g/mol. The molecule has 1 heterocycles. The predicted molar refractivity (Wildman–Crippen MR) is 75.6 cm³/mol. The first-order chi connectivity index (χ1) is 9.78. The van der Waals surface area contributed by atoms with Gasteiger partial charge in [0.05, 0.1) is 5.69 Å². The number of hydrogen-bond donors (Lipinski definition) is 2. The summed E-state index contributed by atoms with van der Waals surface area (Å²) in [5.41, 5.74) is 8.14. The zero-order valence-electron chi connectivity index (χ0n) is 11.1. The Labute approximate surface area is 117 Å². The zero-order valence-corrected chi connectivity index (χ0v) is 11.1. The average Bonchev–Trinajstić information content (AvgIpc) is 2.52. The first-order valence-electron chi connectivity index (χ1n) is 6.36. The van der Waals surface area contributed by atoms with Crippen LogP contribution >= 0.6 is 0 Å². The lowest BCUT2D eigenvalue weighted by atomic mass is 10.2. The standard InChI is InChI=1S/C15H17N3O2/c16-8-14-7-6-13(9-17-14)10-18-15(19)20-11-12-4-2-1-3-5-12/h1-7,9H,8,10-11,16H2,(H,18,19). The second-order valence-corrected chi connectivity index (χ2v) is 4.28. The van der Waals surface area contributed by atoms with Crippen molar-refractivity contribution in [3.8, 4) is 0 Å². The van der Waals surface area contributed by atoms with Crippen molar-refractivity contribution in [3.05, 3.63) is 65.5 Å². The van der Waals surface area contributed by atoms with E-state index in [-0.39, 0.29) is 6.61 Å². The zero-order chi connectivity index (χ0) is 14.2. The number of carbonyl (C=O) groups is 1. The fourth-order valence-corrected chi connectivity index (χ4v) is 1.63. The van der Waals surface area contributed by atoms with E-state index in [4.69, 9.17) is 10.5 Å². The highest BCUT2D eigenvalue weighted by Crippen LogP contribution is 2.02. The number of nitrogens with two attached hydrogens (primary N) is 1. The van der Waals surface area contributed by atoms with Crippen LogP contribution in [0.1, 0.15) is 16.8 Å². The van der Waals surface area contributed by atoms with Gasteiger partial charge in [-0.2, -0.15) is 0 Å². The molecule has 1 amide bonds. The maximum absolute atomic E-state index is 11.5. The molecule has 0 atom stereocenters. The summed E-state index contributed by atoms with van der Waals surface area (Å²) >= 11 is 0. The minimum Gasteiger partial charge on any atom is -0.445 e. The fourth-order valence-electron chi connectivity index (χ4n) is 1.63. The molecule has 0 aliphatic rings. The maximum atomic E-state index is 11.5. The molecule has 2 aromatic rings. The molecule has 3 N–H and O–H groups in total. The Morgan fingerprint density at radius 1 is 1.15 bits per heavy atom. The Morgan fingerprint density at radius 2 is 1.95 bits per heavy atom. The molecule has 1 aromatic heterocycles. The third kappa shape index (κ3) is 4.37. The molecule has 104 valence electrons. The molecule has 0 unspecified atom stereocenters. The van der Waals surface area contributed by atoms with Gasteiger partial charge in [0.2, 0.25) is 0 Å². The topological polar surface area (TPSA) is 77.2 Å². The number of alkyl carbamates (subject to hydrolysis) is 1. The third-order valence-corrected chi connectivity index (χ3v) is 2.74. The lowest BCUT2D eigenvalue weighted by Crippen LogP contribution is -2.23. The quantitative estimate of drug-likeness (QED) is 0.871. The monoisotopic (exact) mass is 271 g/mol. The van der Waals surface area contributed by atoms with E-state index in [0.717, 1.165) is 16.8 Å². The van der Waals surface area contributed by atoms with E-state index in [2.05, 4.69) is 10.3 Å². The van der Waals surface area contributed by atoms with Crippen molar-refractivity contribution in [1.29, 1.82) is 0 Å². The second-order valence-electron chi connectivity index (χ2n) is 4.28. The Balaban J connectivity index is 1.74. The molecule has 0 aliphatic heterocycles. The highest BCUT2D eigenvalue weighted by atomic mass is 16.5. The Morgan fingerprint density at radius 3 is 2.60 bits per heavy atom. The summed E-state index contributed by atoms with van der Waals surface area (Å²) in [7, 11) is 0. The van der Waals surface area contributed by atoms with Crippen molar-refractivity contribution < 1.29 is 9.53 Å². The van der Waals surface area contributed by atoms with E-state index < -0.39 is 6.09 Å². The van der Waals surface area contributed by atoms with Gasteiger partial charge in [-0.25, -0.2) is 4.79 Å². The van der Waals surface area contributed by atoms with Crippen molar-refractivity contribution in [3.63, 3.8) is 0 Å². The van der Waals surface area contributed by atoms with Gasteiger partial charge in [0.1, 0.15) is 6.61 Å². The molecule has 0 saturated carbocycles. The number of nitrogens with one attached hydrogen (secondary N) is 1. The fraction of sp³-hybridized carbons (Fsp3) is 0.200. The normalized spacial score (nSPS) is 10.1. The van der Waals surface area contributed by atoms with Crippen molar-refractivity contribution in [2.45, 2.75) is 19.7 Å². The van der Waals surface area contributed by atoms with Crippen LogP contribution in [0.15, 0.2) is 48.7 Å². The smallest absolute Gasteiger partial charge is 0.407 e. The maximum Gasteiger partial charge on any atom is 0.407 e. The molecule has 1 aromatic carbocycles. The van der Waals surface area contributed by atoms with E-state index in [1.165, 1.54) is 0 Å². The lowest BCUT2D eigenvalue weighted by molar-refractivity contribution is 0.139. The van der Waals surface area contributed by atoms with Crippen LogP contribution in [0.4, 0.5) is 4.79 Å². The molecule has 0 bridgehead atoms. The highest BCUT2D eigenvalue weighted by molar-refractivity contribution is 5.67. The van der Waals surface area contributed by atoms with Gasteiger partial charge in [0.25, 0.3) is 0 Å². The number of benzene rings is 1. The number of aromatic nitrogens is 1. The summed E-state index contributed by atoms with van der Waals surface area (Å²) in [4.78, 5) is 15.7. The molecular formula is C15H17N3O2. The molecule has 20 heavy (non-hydrogen) atoms. The summed E-state index contributed by atoms with van der Waals surface area (Å²) in [5, 5.41) is 2.67. The Kier molecular flexibility index (Phi) is 5.08. The van der Waals surface area contributed by atoms with Crippen molar-refractivity contribution in [1.82, 2.24) is 10.3 Å². The lowest BCUT2D eigenvalue weighted by Gasteiger charge is -2.07. The van der Waals surface area contributed by atoms with E-state index in [0.29, 0.717) is 13.1 Å². The summed E-state index contributed by atoms with van der Waals surface area (Å²) in [6, 6.07) is 13.3. The van der Waals surface area contributed by atoms with E-state index >= 15 is 0 Å². The Bertz CT molecular complexity index is 541. The molecule has 0 radical (unpaired) electrons. The van der Waals surface area contributed by atoms with Crippen molar-refractivity contribution in [2.75, 3.05) is 0 Å². The largest absolute Gasteiger partial charge is 0.445 e. The van der Waals surface area contributed by atoms with Crippen LogP contribution in [0.5, 0.6) is 0 Å². The number of ether oxygens (including phenoxy) is 1. The van der Waals surface area contributed by atoms with Gasteiger partial charge in [0.15, 0.2) is 0 Å². The molecule has 5 nitrogen and oxygen atoms in total. The second kappa shape index (κ2) is 7.25. The highest BCUT2D eigenvalue weighted by Gasteiger charge is 2.03. The Hall–Kier alpha value is -2.40. The van der Waals surface area contributed by atoms with Gasteiger partial charge in [-0.1, -0.05) is 36.4 Å². The van der Waals surface area contributed by atoms with Gasteiger partial charge in [0, 0.05) is 19.3 Å². The number of nitrogens with zero attached hydrogens (tertiary/aromatic N) is 1. The van der Waals surface area contributed by atoms with E-state index in [9.17, 15) is 4.79 Å². The third-order valence-electron chi connectivity index (χ3n) is 2.74. The number of hydrogen-bond acceptors (Lipinski definition) is 4. The summed E-state index contributed by atoms with van der Waals surface area (Å²) in [5.74, 6) is 0. The molecule has 5 heteroatoms. The number of amides is 1. The van der Waals surface area contributed by atoms with Crippen LogP contribution in [0.25, 0.3) is 0 Å². The van der Waals surface area contributed by atoms with Crippen LogP contribution < -0.4 is 11.1 Å². The van der Waals surface area contributed by atoms with Gasteiger partial charge in [-0.3, -0.25) is 4.98 Å². The van der Waals surface area contributed by atoms with Gasteiger partial charge < -0.3 is 15.8 Å². The van der Waals surface area contributed by atoms with Crippen molar-refractivity contribution in [2.24, 2.45) is 5.73 Å². The van der Waals surface area contributed by atoms with Crippen LogP contribution in [-0.4, -0.2) is 11.1 Å². The summed E-state index contributed by atoms with van der Waals surface area (Å²) in [6.45, 7) is 1.05. The first kappa shape index (κ1) is 14.0. The summed E-state index contributed by atoms with van der Waals surface area (Å²) < 4.78 is 5.10. The van der Waals surface area contributed by atoms with Gasteiger partial charge >= 0.3 is 6.09 Å². The molecular weight excluding hydrogens is 254 g/mol. The molecule has 0 fully saturated rings. The van der Waals surface area contributed by atoms with E-state index in [1.54, 1.807) is 6.20 Å². The van der Waals surface area contributed by atoms with Crippen molar-refractivity contribution >= 4 is 6.09 Å². The minimum atomic E-state index is -0.447. The van der Waals surface area contributed by atoms with Crippen LogP contribution in [0.2, 0.25) is 0 Å². The first-order valence-corrected chi connectivity index (χ1v) is 6.36.